The van der Waals surface area contributed by atoms with E-state index >= 15 is 0 Å². The minimum atomic E-state index is -0.555. The molecule has 1 fully saturated rings. The molecule has 0 bridgehead atoms. The number of aryl methyl sites for hydroxylation is 1. The van der Waals surface area contributed by atoms with Gasteiger partial charge >= 0.3 is 0 Å². The van der Waals surface area contributed by atoms with Crippen molar-refractivity contribution in [2.75, 3.05) is 19.8 Å². The number of nitrogens with one attached hydrogen (secondary N) is 1. The summed E-state index contributed by atoms with van der Waals surface area (Å²) in [6, 6.07) is 1.69. The maximum absolute atomic E-state index is 12.3. The van der Waals surface area contributed by atoms with Crippen molar-refractivity contribution in [3.63, 3.8) is 0 Å². The van der Waals surface area contributed by atoms with Crippen LogP contribution >= 0.6 is 0 Å². The number of nitrogens with zero attached hydrogens (tertiary/aromatic N) is 2. The monoisotopic (exact) mass is 240 g/mol. The van der Waals surface area contributed by atoms with Gasteiger partial charge in [0.25, 0.3) is 5.91 Å². The van der Waals surface area contributed by atoms with Crippen molar-refractivity contribution in [2.24, 2.45) is 5.73 Å². The van der Waals surface area contributed by atoms with E-state index in [0.717, 1.165) is 31.6 Å². The van der Waals surface area contributed by atoms with Crippen LogP contribution in [0, 0.1) is 0 Å². The van der Waals surface area contributed by atoms with Crippen molar-refractivity contribution >= 4 is 5.91 Å². The van der Waals surface area contributed by atoms with Gasteiger partial charge in [-0.15, -0.1) is 0 Å². The van der Waals surface area contributed by atoms with Crippen LogP contribution in [0.2, 0.25) is 0 Å². The number of halogens is 1. The largest absolute Gasteiger partial charge is 0.364 e. The number of aromatic nitrogens is 2. The lowest BCUT2D eigenvalue weighted by Crippen LogP contribution is -2.28. The van der Waals surface area contributed by atoms with Gasteiger partial charge in [-0.2, -0.15) is 5.10 Å². The normalized spacial score (nSPS) is 20.4. The number of rotatable bonds is 4. The lowest BCUT2D eigenvalue weighted by Gasteiger charge is -2.20. The molecule has 6 heteroatoms. The quantitative estimate of drug-likeness (QED) is 0.801. The van der Waals surface area contributed by atoms with Gasteiger partial charge in [0.05, 0.1) is 12.2 Å². The van der Waals surface area contributed by atoms with Gasteiger partial charge in [0.2, 0.25) is 0 Å². The molecule has 94 valence electrons. The molecule has 0 saturated carbocycles. The fourth-order valence-corrected chi connectivity index (χ4v) is 2.19. The number of carbonyl (C=O) groups is 1. The minimum Gasteiger partial charge on any atom is -0.364 e. The van der Waals surface area contributed by atoms with Crippen LogP contribution in [0.15, 0.2) is 6.07 Å². The van der Waals surface area contributed by atoms with E-state index in [-0.39, 0.29) is 6.54 Å². The standard InChI is InChI=1S/C11H17FN4O/c12-3-5-16-10(11(13)17)6-9(15-16)8-2-1-4-14-7-8/h6,8,14H,1-5,7H2,(H2,13,17)/t8-/m1/s1. The van der Waals surface area contributed by atoms with Crippen LogP contribution in [0.4, 0.5) is 4.39 Å². The lowest BCUT2D eigenvalue weighted by molar-refractivity contribution is 0.0989. The molecule has 1 aliphatic rings. The number of carbonyl (C=O) groups excluding carboxylic acids is 1. The van der Waals surface area contributed by atoms with Gasteiger partial charge in [0, 0.05) is 12.5 Å². The molecular formula is C11H17FN4O. The third-order valence-corrected chi connectivity index (χ3v) is 3.06. The summed E-state index contributed by atoms with van der Waals surface area (Å²) < 4.78 is 13.7. The molecule has 1 aliphatic heterocycles. The van der Waals surface area contributed by atoms with E-state index in [9.17, 15) is 9.18 Å². The molecule has 0 aromatic carbocycles. The van der Waals surface area contributed by atoms with Gasteiger partial charge in [-0.05, 0) is 25.5 Å². The molecule has 0 radical (unpaired) electrons. The summed E-state index contributed by atoms with van der Waals surface area (Å²) in [5.41, 5.74) is 6.38. The molecule has 2 heterocycles. The number of primary amides is 1. The third-order valence-electron chi connectivity index (χ3n) is 3.06. The van der Waals surface area contributed by atoms with Gasteiger partial charge in [0.15, 0.2) is 0 Å². The first-order valence-corrected chi connectivity index (χ1v) is 5.86. The second-order valence-corrected chi connectivity index (χ2v) is 4.27. The Balaban J connectivity index is 2.22. The second-order valence-electron chi connectivity index (χ2n) is 4.27. The maximum atomic E-state index is 12.3. The van der Waals surface area contributed by atoms with Crippen molar-refractivity contribution in [3.8, 4) is 0 Å². The zero-order valence-electron chi connectivity index (χ0n) is 9.66. The first-order chi connectivity index (χ1) is 8.22. The average Bonchev–Trinajstić information content (AvgIpc) is 2.75. The van der Waals surface area contributed by atoms with E-state index < -0.39 is 12.6 Å². The number of hydrogen-bond acceptors (Lipinski definition) is 3. The van der Waals surface area contributed by atoms with Crippen LogP contribution in [0.5, 0.6) is 0 Å². The van der Waals surface area contributed by atoms with Crippen LogP contribution in [0.3, 0.4) is 0 Å². The zero-order chi connectivity index (χ0) is 12.3. The summed E-state index contributed by atoms with van der Waals surface area (Å²) in [4.78, 5) is 11.2. The van der Waals surface area contributed by atoms with E-state index in [0.29, 0.717) is 11.6 Å². The smallest absolute Gasteiger partial charge is 0.266 e. The van der Waals surface area contributed by atoms with E-state index in [1.54, 1.807) is 6.07 Å². The minimum absolute atomic E-state index is 0.0818. The second kappa shape index (κ2) is 5.27. The van der Waals surface area contributed by atoms with Crippen LogP contribution < -0.4 is 11.1 Å². The van der Waals surface area contributed by atoms with Gasteiger partial charge in [0.1, 0.15) is 12.4 Å². The maximum Gasteiger partial charge on any atom is 0.266 e. The molecular weight excluding hydrogens is 223 g/mol. The molecule has 0 unspecified atom stereocenters. The first kappa shape index (κ1) is 12.0. The molecule has 1 amide bonds. The Hall–Kier alpha value is -1.43. The number of piperidine rings is 1. The van der Waals surface area contributed by atoms with Crippen LogP contribution in [0.1, 0.15) is 34.9 Å². The highest BCUT2D eigenvalue weighted by molar-refractivity contribution is 5.91. The Kier molecular flexibility index (Phi) is 3.73. The summed E-state index contributed by atoms with van der Waals surface area (Å²) in [5.74, 6) is -0.260. The Bertz CT molecular complexity index is 398. The highest BCUT2D eigenvalue weighted by Crippen LogP contribution is 2.22. The number of amides is 1. The Labute approximate surface area is 99.2 Å². The summed E-state index contributed by atoms with van der Waals surface area (Å²) in [6.45, 7) is 1.40. The van der Waals surface area contributed by atoms with E-state index in [2.05, 4.69) is 10.4 Å². The van der Waals surface area contributed by atoms with Crippen molar-refractivity contribution in [1.82, 2.24) is 15.1 Å². The van der Waals surface area contributed by atoms with Crippen molar-refractivity contribution in [3.05, 3.63) is 17.5 Å². The summed E-state index contributed by atoms with van der Waals surface area (Å²) >= 11 is 0. The summed E-state index contributed by atoms with van der Waals surface area (Å²) in [7, 11) is 0. The molecule has 1 aromatic heterocycles. The van der Waals surface area contributed by atoms with Crippen LogP contribution in [-0.4, -0.2) is 35.5 Å². The Morgan fingerprint density at radius 2 is 2.53 bits per heavy atom. The van der Waals surface area contributed by atoms with Gasteiger partial charge in [-0.1, -0.05) is 0 Å². The highest BCUT2D eigenvalue weighted by Gasteiger charge is 2.21. The SMILES string of the molecule is NC(=O)c1cc([C@@H]2CCCNC2)nn1CCF. The topological polar surface area (TPSA) is 72.9 Å². The predicted molar refractivity (Wildman–Crippen MR) is 61.6 cm³/mol. The van der Waals surface area contributed by atoms with Crippen molar-refractivity contribution in [1.29, 1.82) is 0 Å². The van der Waals surface area contributed by atoms with Crippen LogP contribution in [0.25, 0.3) is 0 Å². The molecule has 17 heavy (non-hydrogen) atoms. The van der Waals surface area contributed by atoms with Crippen LogP contribution in [-0.2, 0) is 6.54 Å². The molecule has 0 aliphatic carbocycles. The third kappa shape index (κ3) is 2.63. The Morgan fingerprint density at radius 3 is 3.12 bits per heavy atom. The number of alkyl halides is 1. The van der Waals surface area contributed by atoms with Gasteiger partial charge < -0.3 is 11.1 Å². The summed E-state index contributed by atoms with van der Waals surface area (Å²) in [6.07, 6.45) is 2.13. The molecule has 0 spiro atoms. The number of hydrogen-bond donors (Lipinski definition) is 2. The first-order valence-electron chi connectivity index (χ1n) is 5.86. The number of nitrogens with two attached hydrogens (primary N) is 1. The predicted octanol–water partition coefficient (Wildman–Crippen LogP) is 0.418. The molecule has 2 rings (SSSR count). The highest BCUT2D eigenvalue weighted by atomic mass is 19.1. The summed E-state index contributed by atoms with van der Waals surface area (Å²) in [5, 5.41) is 7.56. The van der Waals surface area contributed by atoms with E-state index in [4.69, 9.17) is 5.73 Å². The van der Waals surface area contributed by atoms with E-state index in [1.165, 1.54) is 4.68 Å². The molecule has 1 saturated heterocycles. The van der Waals surface area contributed by atoms with Crippen molar-refractivity contribution in [2.45, 2.75) is 25.3 Å². The van der Waals surface area contributed by atoms with E-state index in [1.807, 2.05) is 0 Å². The van der Waals surface area contributed by atoms with Gasteiger partial charge in [-0.25, -0.2) is 4.39 Å². The Morgan fingerprint density at radius 1 is 1.71 bits per heavy atom. The van der Waals surface area contributed by atoms with Crippen molar-refractivity contribution < 1.29 is 9.18 Å². The zero-order valence-corrected chi connectivity index (χ0v) is 9.66. The average molecular weight is 240 g/mol. The lowest BCUT2D eigenvalue weighted by atomic mass is 9.96. The molecule has 1 aromatic rings. The molecule has 3 N–H and O–H groups in total. The van der Waals surface area contributed by atoms with Gasteiger partial charge in [-0.3, -0.25) is 9.48 Å². The molecule has 1 atom stereocenters. The molecule has 5 nitrogen and oxygen atoms in total. The fraction of sp³-hybridized carbons (Fsp3) is 0.636. The fourth-order valence-electron chi connectivity index (χ4n) is 2.19.